The Hall–Kier alpha value is -3.17. The normalized spacial score (nSPS) is 21.2. The van der Waals surface area contributed by atoms with Gasteiger partial charge in [-0.05, 0) is 146 Å². The van der Waals surface area contributed by atoms with Crippen molar-refractivity contribution in [3.05, 3.63) is 130 Å². The maximum absolute atomic E-state index is 6.12. The van der Waals surface area contributed by atoms with Gasteiger partial charge in [-0.15, -0.1) is 11.8 Å². The van der Waals surface area contributed by atoms with Crippen molar-refractivity contribution in [2.24, 2.45) is 11.8 Å². The van der Waals surface area contributed by atoms with Gasteiger partial charge in [-0.1, -0.05) is 139 Å². The maximum Gasteiger partial charge on any atom is 0.119 e. The van der Waals surface area contributed by atoms with E-state index in [1.54, 1.807) is 0 Å². The fourth-order valence-electron chi connectivity index (χ4n) is 9.25. The topological polar surface area (TPSA) is 18.5 Å². The predicted octanol–water partition coefficient (Wildman–Crippen LogP) is 15.8. The lowest BCUT2D eigenvalue weighted by Gasteiger charge is -2.30. The lowest BCUT2D eigenvalue weighted by atomic mass is 9.77. The standard InChI is InChI=1S/C52H70O2S/c1-5-9-37-53-49-33-29-47(30-34-49)51(45-25-21-43(22-26-45)41-17-13-39(11-7-3)14-18-41)55-52(48-31-35-50(36-32-48)54-38-10-6-2)46-27-23-44(24-28-46)42-19-15-40(12-8-4)16-20-42/h21-36,39-42,51-52H,5-20,37-38H2,1-4H3/t39-,40-,41-,42-,51?,52?. The molecule has 4 aromatic carbocycles. The Morgan fingerprint density at radius 3 is 1.07 bits per heavy atom. The van der Waals surface area contributed by atoms with E-state index in [9.17, 15) is 0 Å². The monoisotopic (exact) mass is 759 g/mol. The molecule has 3 heteroatoms. The fraction of sp³-hybridized carbons (Fsp3) is 0.538. The molecule has 0 spiro atoms. The molecule has 0 heterocycles. The van der Waals surface area contributed by atoms with Gasteiger partial charge in [0.15, 0.2) is 0 Å². The number of rotatable bonds is 20. The first-order valence-electron chi connectivity index (χ1n) is 22.4. The van der Waals surface area contributed by atoms with Crippen molar-refractivity contribution in [3.8, 4) is 11.5 Å². The van der Waals surface area contributed by atoms with Crippen LogP contribution in [0.5, 0.6) is 11.5 Å². The quantitative estimate of drug-likeness (QED) is 0.0836. The summed E-state index contributed by atoms with van der Waals surface area (Å²) in [6.45, 7) is 10.6. The largest absolute Gasteiger partial charge is 0.494 e. The van der Waals surface area contributed by atoms with E-state index >= 15 is 0 Å². The minimum atomic E-state index is 0.165. The molecule has 2 atom stereocenters. The molecule has 2 unspecified atom stereocenters. The van der Waals surface area contributed by atoms with Gasteiger partial charge < -0.3 is 9.47 Å². The van der Waals surface area contributed by atoms with Crippen molar-refractivity contribution in [3.63, 3.8) is 0 Å². The van der Waals surface area contributed by atoms with Gasteiger partial charge in [0.05, 0.1) is 23.7 Å². The van der Waals surface area contributed by atoms with Gasteiger partial charge in [0, 0.05) is 0 Å². The molecule has 2 nitrogen and oxygen atoms in total. The summed E-state index contributed by atoms with van der Waals surface area (Å²) in [5.74, 6) is 5.17. The average molecular weight is 759 g/mol. The first kappa shape index (κ1) is 41.5. The zero-order chi connectivity index (χ0) is 38.2. The van der Waals surface area contributed by atoms with Gasteiger partial charge in [-0.25, -0.2) is 0 Å². The summed E-state index contributed by atoms with van der Waals surface area (Å²) in [6.07, 6.45) is 20.7. The van der Waals surface area contributed by atoms with Crippen LogP contribution in [0.2, 0.25) is 0 Å². The van der Waals surface area contributed by atoms with Crippen molar-refractivity contribution < 1.29 is 9.47 Å². The molecular weight excluding hydrogens is 689 g/mol. The molecule has 0 radical (unpaired) electrons. The van der Waals surface area contributed by atoms with Gasteiger partial charge in [-0.3, -0.25) is 0 Å². The summed E-state index contributed by atoms with van der Waals surface area (Å²) in [4.78, 5) is 0. The van der Waals surface area contributed by atoms with Gasteiger partial charge >= 0.3 is 0 Å². The van der Waals surface area contributed by atoms with Crippen LogP contribution in [0, 0.1) is 11.8 Å². The molecule has 0 bridgehead atoms. The molecule has 0 saturated heterocycles. The molecule has 55 heavy (non-hydrogen) atoms. The van der Waals surface area contributed by atoms with E-state index in [-0.39, 0.29) is 10.5 Å². The highest BCUT2D eigenvalue weighted by molar-refractivity contribution is 8.00. The Kier molecular flexibility index (Phi) is 16.5. The Bertz CT molecular complexity index is 1500. The Labute approximate surface area is 339 Å². The van der Waals surface area contributed by atoms with E-state index < -0.39 is 0 Å². The van der Waals surface area contributed by atoms with E-state index in [1.807, 2.05) is 0 Å². The minimum absolute atomic E-state index is 0.165. The van der Waals surface area contributed by atoms with E-state index in [2.05, 4.69) is 137 Å². The van der Waals surface area contributed by atoms with Crippen molar-refractivity contribution in [1.29, 1.82) is 0 Å². The lowest BCUT2D eigenvalue weighted by Crippen LogP contribution is -2.13. The third-order valence-electron chi connectivity index (χ3n) is 12.7. The average Bonchev–Trinajstić information content (AvgIpc) is 3.23. The van der Waals surface area contributed by atoms with Crippen LogP contribution in [0.4, 0.5) is 0 Å². The number of thioether (sulfide) groups is 1. The number of benzene rings is 4. The Morgan fingerprint density at radius 2 is 0.764 bits per heavy atom. The minimum Gasteiger partial charge on any atom is -0.494 e. The smallest absolute Gasteiger partial charge is 0.119 e. The van der Waals surface area contributed by atoms with Crippen LogP contribution in [0.15, 0.2) is 97.1 Å². The van der Waals surface area contributed by atoms with Crippen LogP contribution in [0.3, 0.4) is 0 Å². The second-order valence-electron chi connectivity index (χ2n) is 16.8. The van der Waals surface area contributed by atoms with Gasteiger partial charge in [-0.2, -0.15) is 0 Å². The maximum atomic E-state index is 6.12. The first-order chi connectivity index (χ1) is 27.1. The zero-order valence-corrected chi connectivity index (χ0v) is 35.5. The molecular formula is C52H70O2S. The molecule has 0 aliphatic heterocycles. The number of unbranched alkanes of at least 4 members (excludes halogenated alkanes) is 2. The van der Waals surface area contributed by atoms with Crippen LogP contribution >= 0.6 is 11.8 Å². The van der Waals surface area contributed by atoms with Gasteiger partial charge in [0.2, 0.25) is 0 Å². The van der Waals surface area contributed by atoms with E-state index in [0.29, 0.717) is 11.8 Å². The van der Waals surface area contributed by atoms with E-state index in [1.165, 1.54) is 110 Å². The van der Waals surface area contributed by atoms with Crippen LogP contribution in [-0.2, 0) is 0 Å². The number of hydrogen-bond donors (Lipinski definition) is 0. The zero-order valence-electron chi connectivity index (χ0n) is 34.7. The van der Waals surface area contributed by atoms with Crippen molar-refractivity contribution in [2.75, 3.05) is 13.2 Å². The Morgan fingerprint density at radius 1 is 0.436 bits per heavy atom. The van der Waals surface area contributed by atoms with Crippen LogP contribution in [-0.4, -0.2) is 13.2 Å². The van der Waals surface area contributed by atoms with Gasteiger partial charge in [0.1, 0.15) is 11.5 Å². The SMILES string of the molecule is CCCCOc1ccc(C(SC(c2ccc(OCCCC)cc2)c2ccc([C@H]3CC[C@H](CCC)CC3)cc2)c2ccc([C@H]3CC[C@H](CCC)CC3)cc2)cc1. The second-order valence-corrected chi connectivity index (χ2v) is 18.0. The molecule has 2 fully saturated rings. The number of ether oxygens (including phenoxy) is 2. The summed E-state index contributed by atoms with van der Waals surface area (Å²) >= 11 is 2.07. The highest BCUT2D eigenvalue weighted by Crippen LogP contribution is 2.49. The molecule has 0 aromatic heterocycles. The Balaban J connectivity index is 1.29. The first-order valence-corrected chi connectivity index (χ1v) is 23.3. The summed E-state index contributed by atoms with van der Waals surface area (Å²) in [5, 5.41) is 0.330. The number of hydrogen-bond acceptors (Lipinski definition) is 3. The molecule has 2 saturated carbocycles. The molecule has 2 aliphatic carbocycles. The molecule has 6 rings (SSSR count). The predicted molar refractivity (Wildman–Crippen MR) is 237 cm³/mol. The van der Waals surface area contributed by atoms with Crippen molar-refractivity contribution in [1.82, 2.24) is 0 Å². The fourth-order valence-corrected chi connectivity index (χ4v) is 10.8. The summed E-state index contributed by atoms with van der Waals surface area (Å²) in [7, 11) is 0. The van der Waals surface area contributed by atoms with Crippen LogP contribution in [0.1, 0.15) is 186 Å². The lowest BCUT2D eigenvalue weighted by molar-refractivity contribution is 0.308. The molecule has 0 amide bonds. The summed E-state index contributed by atoms with van der Waals surface area (Å²) < 4.78 is 12.2. The van der Waals surface area contributed by atoms with Gasteiger partial charge in [0.25, 0.3) is 0 Å². The highest BCUT2D eigenvalue weighted by atomic mass is 32.2. The molecule has 296 valence electrons. The van der Waals surface area contributed by atoms with E-state index in [4.69, 9.17) is 9.47 Å². The second kappa shape index (κ2) is 21.9. The van der Waals surface area contributed by atoms with Crippen molar-refractivity contribution in [2.45, 2.75) is 153 Å². The highest BCUT2D eigenvalue weighted by Gasteiger charge is 2.27. The molecule has 2 aliphatic rings. The molecule has 0 N–H and O–H groups in total. The van der Waals surface area contributed by atoms with E-state index in [0.717, 1.165) is 62.2 Å². The molecule has 4 aromatic rings. The third kappa shape index (κ3) is 11.9. The van der Waals surface area contributed by atoms with Crippen LogP contribution in [0.25, 0.3) is 0 Å². The van der Waals surface area contributed by atoms with Crippen LogP contribution < -0.4 is 9.47 Å². The summed E-state index contributed by atoms with van der Waals surface area (Å²) in [5.41, 5.74) is 8.45. The third-order valence-corrected chi connectivity index (χ3v) is 14.3. The van der Waals surface area contributed by atoms with Crippen molar-refractivity contribution >= 4 is 11.8 Å². The summed E-state index contributed by atoms with van der Waals surface area (Å²) in [6, 6.07) is 37.6.